The Hall–Kier alpha value is -0.330. The molecule has 0 fully saturated rings. The zero-order valence-corrected chi connectivity index (χ0v) is 19.9. The monoisotopic (exact) mass is 467 g/mol. The maximum Gasteiger partial charge on any atom is 0.302 e. The second kappa shape index (κ2) is 8.57. The van der Waals surface area contributed by atoms with Crippen LogP contribution in [0, 0.1) is 16.2 Å². The average Bonchev–Trinajstić information content (AvgIpc) is 2.33. The first-order chi connectivity index (χ1) is 10.9. The standard InChI is InChI=1S/C20H38INO3/c1-14(24)25-16(12-17(2,3)4)19(7,8)18(5,6)11-15(22-13-23)20(9,10)21/h13,15-16H,11-12H2,1-10H3,(H,22,23). The highest BCUT2D eigenvalue weighted by atomic mass is 127. The lowest BCUT2D eigenvalue weighted by Crippen LogP contribution is -2.52. The van der Waals surface area contributed by atoms with E-state index in [2.05, 4.69) is 90.2 Å². The van der Waals surface area contributed by atoms with Gasteiger partial charge >= 0.3 is 5.97 Å². The van der Waals surface area contributed by atoms with Crippen LogP contribution in [0.2, 0.25) is 0 Å². The van der Waals surface area contributed by atoms with E-state index in [-0.39, 0.29) is 37.8 Å². The molecule has 0 aromatic heterocycles. The maximum absolute atomic E-state index is 11.7. The van der Waals surface area contributed by atoms with Gasteiger partial charge in [-0.15, -0.1) is 0 Å². The fraction of sp³-hybridized carbons (Fsp3) is 0.900. The second-order valence-electron chi connectivity index (χ2n) is 10.1. The molecule has 0 saturated heterocycles. The van der Waals surface area contributed by atoms with E-state index in [4.69, 9.17) is 4.74 Å². The van der Waals surface area contributed by atoms with Crippen molar-refractivity contribution in [2.24, 2.45) is 16.2 Å². The molecular weight excluding hydrogens is 429 g/mol. The van der Waals surface area contributed by atoms with E-state index in [1.165, 1.54) is 6.92 Å². The number of carbonyl (C=O) groups is 2. The molecule has 0 aliphatic rings. The Bertz CT molecular complexity index is 459. The number of esters is 1. The maximum atomic E-state index is 11.7. The summed E-state index contributed by atoms with van der Waals surface area (Å²) in [6.07, 6.45) is 2.19. The van der Waals surface area contributed by atoms with Gasteiger partial charge in [0.15, 0.2) is 0 Å². The first-order valence-corrected chi connectivity index (χ1v) is 10.1. The van der Waals surface area contributed by atoms with Crippen molar-refractivity contribution in [3.8, 4) is 0 Å². The number of hydrogen-bond acceptors (Lipinski definition) is 3. The number of halogens is 1. The molecule has 0 heterocycles. The fourth-order valence-electron chi connectivity index (χ4n) is 2.99. The van der Waals surface area contributed by atoms with E-state index in [0.29, 0.717) is 0 Å². The molecule has 0 aliphatic carbocycles. The van der Waals surface area contributed by atoms with Gasteiger partial charge in [0.2, 0.25) is 6.41 Å². The van der Waals surface area contributed by atoms with Crippen molar-refractivity contribution in [2.45, 2.75) is 97.6 Å². The molecule has 25 heavy (non-hydrogen) atoms. The summed E-state index contributed by atoms with van der Waals surface area (Å²) >= 11 is 2.38. The normalized spacial score (nSPS) is 16.1. The molecule has 0 spiro atoms. The van der Waals surface area contributed by atoms with Crippen LogP contribution in [0.15, 0.2) is 0 Å². The lowest BCUT2D eigenvalue weighted by Gasteiger charge is -2.50. The van der Waals surface area contributed by atoms with Gasteiger partial charge in [-0.2, -0.15) is 0 Å². The van der Waals surface area contributed by atoms with Gasteiger partial charge in [-0.05, 0) is 37.5 Å². The largest absolute Gasteiger partial charge is 0.462 e. The Labute approximate surface area is 168 Å². The third-order valence-corrected chi connectivity index (χ3v) is 6.22. The van der Waals surface area contributed by atoms with Crippen LogP contribution >= 0.6 is 22.6 Å². The molecular formula is C20H38INO3. The Balaban J connectivity index is 5.69. The molecule has 1 N–H and O–H groups in total. The minimum Gasteiger partial charge on any atom is -0.462 e. The molecule has 2 atom stereocenters. The molecule has 0 aromatic rings. The number of hydrogen-bond donors (Lipinski definition) is 1. The van der Waals surface area contributed by atoms with E-state index in [1.807, 2.05) is 0 Å². The number of carbonyl (C=O) groups excluding carboxylic acids is 2. The van der Waals surface area contributed by atoms with Crippen LogP contribution in [0.4, 0.5) is 0 Å². The number of nitrogens with one attached hydrogen (secondary N) is 1. The van der Waals surface area contributed by atoms with Crippen molar-refractivity contribution in [1.82, 2.24) is 5.32 Å². The highest BCUT2D eigenvalue weighted by molar-refractivity contribution is 14.1. The summed E-state index contributed by atoms with van der Waals surface area (Å²) in [5, 5.41) is 2.98. The first-order valence-electron chi connectivity index (χ1n) is 9.00. The highest BCUT2D eigenvalue weighted by Gasteiger charge is 2.48. The average molecular weight is 467 g/mol. The lowest BCUT2D eigenvalue weighted by molar-refractivity contribution is -0.162. The smallest absolute Gasteiger partial charge is 0.302 e. The fourth-order valence-corrected chi connectivity index (χ4v) is 3.39. The lowest BCUT2D eigenvalue weighted by atomic mass is 9.59. The third kappa shape index (κ3) is 7.83. The second-order valence-corrected chi connectivity index (χ2v) is 12.9. The van der Waals surface area contributed by atoms with Crippen molar-refractivity contribution < 1.29 is 14.3 Å². The summed E-state index contributed by atoms with van der Waals surface area (Å²) in [7, 11) is 0. The molecule has 0 rings (SSSR count). The third-order valence-electron chi connectivity index (χ3n) is 5.47. The summed E-state index contributed by atoms with van der Waals surface area (Å²) in [6, 6.07) is 0.0347. The number of alkyl halides is 1. The van der Waals surface area contributed by atoms with Gasteiger partial charge in [0, 0.05) is 21.8 Å². The van der Waals surface area contributed by atoms with Crippen LogP contribution in [0.1, 0.15) is 82.1 Å². The molecule has 0 aromatic carbocycles. The van der Waals surface area contributed by atoms with Crippen molar-refractivity contribution in [2.75, 3.05) is 0 Å². The van der Waals surface area contributed by atoms with Gasteiger partial charge < -0.3 is 10.1 Å². The van der Waals surface area contributed by atoms with Gasteiger partial charge in [0.1, 0.15) is 6.10 Å². The topological polar surface area (TPSA) is 55.4 Å². The zero-order chi connectivity index (χ0) is 20.3. The van der Waals surface area contributed by atoms with E-state index < -0.39 is 0 Å². The Morgan fingerprint density at radius 3 is 1.84 bits per heavy atom. The molecule has 4 nitrogen and oxygen atoms in total. The van der Waals surface area contributed by atoms with Crippen LogP contribution < -0.4 is 5.32 Å². The van der Waals surface area contributed by atoms with E-state index in [1.54, 1.807) is 0 Å². The van der Waals surface area contributed by atoms with Crippen LogP contribution in [0.25, 0.3) is 0 Å². The van der Waals surface area contributed by atoms with Crippen LogP contribution in [0.5, 0.6) is 0 Å². The van der Waals surface area contributed by atoms with E-state index >= 15 is 0 Å². The molecule has 148 valence electrons. The summed E-state index contributed by atoms with van der Waals surface area (Å²) in [6.45, 7) is 21.0. The van der Waals surface area contributed by atoms with Crippen molar-refractivity contribution in [1.29, 1.82) is 0 Å². The predicted molar refractivity (Wildman–Crippen MR) is 113 cm³/mol. The molecule has 0 aliphatic heterocycles. The number of amides is 1. The van der Waals surface area contributed by atoms with Crippen LogP contribution in [-0.4, -0.2) is 27.9 Å². The molecule has 0 bridgehead atoms. The summed E-state index contributed by atoms with van der Waals surface area (Å²) in [5.41, 5.74) is -0.353. The Kier molecular flexibility index (Phi) is 8.46. The molecule has 1 amide bonds. The Morgan fingerprint density at radius 2 is 1.52 bits per heavy atom. The molecule has 0 radical (unpaired) electrons. The SMILES string of the molecule is CC(=O)OC(CC(C)(C)C)C(C)(C)C(C)(C)CC(NC=O)C(C)(C)I. The van der Waals surface area contributed by atoms with Crippen molar-refractivity contribution in [3.05, 3.63) is 0 Å². The van der Waals surface area contributed by atoms with Gasteiger partial charge in [-0.25, -0.2) is 0 Å². The van der Waals surface area contributed by atoms with Crippen molar-refractivity contribution >= 4 is 35.0 Å². The van der Waals surface area contributed by atoms with Gasteiger partial charge in [-0.1, -0.05) is 71.1 Å². The van der Waals surface area contributed by atoms with Gasteiger partial charge in [-0.3, -0.25) is 9.59 Å². The van der Waals surface area contributed by atoms with Gasteiger partial charge in [0.05, 0.1) is 0 Å². The summed E-state index contributed by atoms with van der Waals surface area (Å²) in [4.78, 5) is 22.8. The Morgan fingerprint density at radius 1 is 1.04 bits per heavy atom. The minimum absolute atomic E-state index is 0.0347. The molecule has 2 unspecified atom stereocenters. The minimum atomic E-state index is -0.253. The first kappa shape index (κ1) is 24.7. The van der Waals surface area contributed by atoms with Crippen molar-refractivity contribution in [3.63, 3.8) is 0 Å². The van der Waals surface area contributed by atoms with E-state index in [0.717, 1.165) is 19.3 Å². The summed E-state index contributed by atoms with van der Waals surface area (Å²) in [5.74, 6) is -0.241. The predicted octanol–water partition coefficient (Wildman–Crippen LogP) is 5.13. The highest BCUT2D eigenvalue weighted by Crippen LogP contribution is 2.49. The quantitative estimate of drug-likeness (QED) is 0.222. The molecule has 0 saturated carbocycles. The summed E-state index contributed by atoms with van der Waals surface area (Å²) < 4.78 is 5.70. The van der Waals surface area contributed by atoms with Crippen LogP contribution in [0.3, 0.4) is 0 Å². The zero-order valence-electron chi connectivity index (χ0n) is 17.7. The number of ether oxygens (including phenoxy) is 1. The van der Waals surface area contributed by atoms with Crippen LogP contribution in [-0.2, 0) is 14.3 Å². The molecule has 5 heteroatoms. The number of rotatable bonds is 9. The van der Waals surface area contributed by atoms with Gasteiger partial charge in [0.25, 0.3) is 0 Å². The van der Waals surface area contributed by atoms with E-state index in [9.17, 15) is 9.59 Å².